The molecule has 1 unspecified atom stereocenters. The summed E-state index contributed by atoms with van der Waals surface area (Å²) in [4.78, 5) is 26.5. The number of esters is 1. The molecular formula is C18H23Cl2NO3S. The standard InChI is InChI=1S/C18H23Cl2NO3S/c1-10(2)24-15(22)13-11-7-5-4-6-8-12(11)25-14(13)21-16(23)17(3)9-18(17,19)20/h10H,4-9H2,1-3H3,(H,21,23). The van der Waals surface area contributed by atoms with Crippen LogP contribution in [0, 0.1) is 5.41 Å². The summed E-state index contributed by atoms with van der Waals surface area (Å²) in [7, 11) is 0. The predicted octanol–water partition coefficient (Wildman–Crippen LogP) is 5.10. The van der Waals surface area contributed by atoms with E-state index in [-0.39, 0.29) is 18.0 Å². The molecule has 0 spiro atoms. The number of alkyl halides is 2. The molecule has 1 aromatic heterocycles. The highest BCUT2D eigenvalue weighted by Gasteiger charge is 2.68. The zero-order chi connectivity index (χ0) is 18.4. The van der Waals surface area contributed by atoms with Crippen molar-refractivity contribution < 1.29 is 14.3 Å². The van der Waals surface area contributed by atoms with Crippen molar-refractivity contribution in [1.29, 1.82) is 0 Å². The second kappa shape index (κ2) is 6.75. The van der Waals surface area contributed by atoms with E-state index >= 15 is 0 Å². The van der Waals surface area contributed by atoms with Gasteiger partial charge in [-0.3, -0.25) is 4.79 Å². The third kappa shape index (κ3) is 3.56. The molecule has 1 aromatic rings. The maximum atomic E-state index is 12.7. The Kier molecular flexibility index (Phi) is 5.13. The molecule has 0 bridgehead atoms. The fraction of sp³-hybridized carbons (Fsp3) is 0.667. The molecule has 1 atom stereocenters. The molecule has 1 amide bonds. The van der Waals surface area contributed by atoms with Gasteiger partial charge in [0.1, 0.15) is 9.33 Å². The number of rotatable bonds is 4. The van der Waals surface area contributed by atoms with E-state index in [2.05, 4.69) is 5.32 Å². The number of carbonyl (C=O) groups excluding carboxylic acids is 2. The van der Waals surface area contributed by atoms with E-state index < -0.39 is 9.75 Å². The maximum Gasteiger partial charge on any atom is 0.341 e. The lowest BCUT2D eigenvalue weighted by Crippen LogP contribution is -2.26. The largest absolute Gasteiger partial charge is 0.459 e. The number of anilines is 1. The van der Waals surface area contributed by atoms with Crippen LogP contribution in [0.3, 0.4) is 0 Å². The minimum absolute atomic E-state index is 0.211. The molecule has 1 heterocycles. The second-order valence-electron chi connectivity index (χ2n) is 7.39. The minimum atomic E-state index is -1.04. The highest BCUT2D eigenvalue weighted by atomic mass is 35.5. The van der Waals surface area contributed by atoms with Crippen molar-refractivity contribution in [3.63, 3.8) is 0 Å². The molecule has 3 rings (SSSR count). The number of amides is 1. The summed E-state index contributed by atoms with van der Waals surface area (Å²) in [6.45, 7) is 5.39. The van der Waals surface area contributed by atoms with Crippen molar-refractivity contribution in [2.24, 2.45) is 5.41 Å². The van der Waals surface area contributed by atoms with E-state index in [0.717, 1.165) is 37.7 Å². The smallest absolute Gasteiger partial charge is 0.341 e. The van der Waals surface area contributed by atoms with Crippen LogP contribution in [0.2, 0.25) is 0 Å². The summed E-state index contributed by atoms with van der Waals surface area (Å²) < 4.78 is 4.39. The van der Waals surface area contributed by atoms with Crippen LogP contribution >= 0.6 is 34.5 Å². The van der Waals surface area contributed by atoms with Crippen LogP contribution in [0.5, 0.6) is 0 Å². The molecule has 0 radical (unpaired) electrons. The van der Waals surface area contributed by atoms with Crippen LogP contribution in [-0.2, 0) is 22.4 Å². The van der Waals surface area contributed by atoms with E-state index in [4.69, 9.17) is 27.9 Å². The second-order valence-corrected chi connectivity index (χ2v) is 9.98. The van der Waals surface area contributed by atoms with Crippen LogP contribution in [0.25, 0.3) is 0 Å². The molecule has 1 N–H and O–H groups in total. The zero-order valence-electron chi connectivity index (χ0n) is 14.7. The molecular weight excluding hydrogens is 381 g/mol. The first-order valence-electron chi connectivity index (χ1n) is 8.70. The van der Waals surface area contributed by atoms with Crippen molar-refractivity contribution in [1.82, 2.24) is 0 Å². The maximum absolute atomic E-state index is 12.7. The first kappa shape index (κ1) is 19.0. The van der Waals surface area contributed by atoms with Crippen LogP contribution in [-0.4, -0.2) is 22.3 Å². The summed E-state index contributed by atoms with van der Waals surface area (Å²) in [6, 6.07) is 0. The Morgan fingerprint density at radius 2 is 1.84 bits per heavy atom. The molecule has 0 aliphatic heterocycles. The topological polar surface area (TPSA) is 55.4 Å². The van der Waals surface area contributed by atoms with Gasteiger partial charge in [-0.15, -0.1) is 34.5 Å². The van der Waals surface area contributed by atoms with Gasteiger partial charge in [0.05, 0.1) is 17.1 Å². The van der Waals surface area contributed by atoms with Gasteiger partial charge >= 0.3 is 5.97 Å². The van der Waals surface area contributed by atoms with Gasteiger partial charge in [0.25, 0.3) is 0 Å². The zero-order valence-corrected chi connectivity index (χ0v) is 17.0. The van der Waals surface area contributed by atoms with Crippen LogP contribution < -0.4 is 5.32 Å². The van der Waals surface area contributed by atoms with Gasteiger partial charge in [0.2, 0.25) is 5.91 Å². The molecule has 4 nitrogen and oxygen atoms in total. The number of ether oxygens (including phenoxy) is 1. The number of halogens is 2. The Balaban J connectivity index is 1.93. The molecule has 1 saturated carbocycles. The van der Waals surface area contributed by atoms with Crippen molar-refractivity contribution in [3.05, 3.63) is 16.0 Å². The average molecular weight is 404 g/mol. The number of aryl methyl sites for hydroxylation is 1. The van der Waals surface area contributed by atoms with E-state index in [9.17, 15) is 9.59 Å². The van der Waals surface area contributed by atoms with Crippen molar-refractivity contribution >= 4 is 51.4 Å². The molecule has 2 aliphatic carbocycles. The highest BCUT2D eigenvalue weighted by Crippen LogP contribution is 2.64. The fourth-order valence-electron chi connectivity index (χ4n) is 3.21. The highest BCUT2D eigenvalue weighted by molar-refractivity contribution is 7.17. The molecule has 7 heteroatoms. The normalized spacial score (nSPS) is 24.4. The summed E-state index contributed by atoms with van der Waals surface area (Å²) in [6.07, 6.45) is 5.27. The first-order valence-corrected chi connectivity index (χ1v) is 10.3. The fourth-order valence-corrected chi connectivity index (χ4v) is 5.19. The molecule has 138 valence electrons. The van der Waals surface area contributed by atoms with Crippen LogP contribution in [0.1, 0.15) is 67.3 Å². The lowest BCUT2D eigenvalue weighted by Gasteiger charge is -2.14. The molecule has 0 saturated heterocycles. The van der Waals surface area contributed by atoms with Gasteiger partial charge in [0, 0.05) is 4.88 Å². The third-order valence-corrected chi connectivity index (χ3v) is 7.26. The van der Waals surface area contributed by atoms with Crippen LogP contribution in [0.15, 0.2) is 0 Å². The number of carbonyl (C=O) groups is 2. The number of hydrogen-bond acceptors (Lipinski definition) is 4. The SMILES string of the molecule is CC(C)OC(=O)c1c(NC(=O)C2(C)CC2(Cl)Cl)sc2c1CCCCC2. The predicted molar refractivity (Wildman–Crippen MR) is 102 cm³/mol. The van der Waals surface area contributed by atoms with E-state index in [1.54, 1.807) is 6.92 Å². The summed E-state index contributed by atoms with van der Waals surface area (Å²) in [5.74, 6) is -0.610. The van der Waals surface area contributed by atoms with Crippen molar-refractivity contribution in [3.8, 4) is 0 Å². The Morgan fingerprint density at radius 1 is 1.20 bits per heavy atom. The summed E-state index contributed by atoms with van der Waals surface area (Å²) in [5.41, 5.74) is 0.729. The minimum Gasteiger partial charge on any atom is -0.459 e. The Bertz CT molecular complexity index is 713. The van der Waals surface area contributed by atoms with Gasteiger partial charge < -0.3 is 10.1 Å². The van der Waals surface area contributed by atoms with Crippen molar-refractivity contribution in [2.75, 3.05) is 5.32 Å². The van der Waals surface area contributed by atoms with Gasteiger partial charge in [-0.1, -0.05) is 6.42 Å². The molecule has 1 fully saturated rings. The lowest BCUT2D eigenvalue weighted by molar-refractivity contribution is -0.120. The van der Waals surface area contributed by atoms with Gasteiger partial charge in [0.15, 0.2) is 0 Å². The number of nitrogens with one attached hydrogen (secondary N) is 1. The Labute approximate surface area is 162 Å². The average Bonchev–Trinajstić information content (AvgIpc) is 2.96. The number of fused-ring (bicyclic) bond motifs is 1. The number of hydrogen-bond donors (Lipinski definition) is 1. The summed E-state index contributed by atoms with van der Waals surface area (Å²) >= 11 is 13.7. The van der Waals surface area contributed by atoms with Gasteiger partial charge in [-0.2, -0.15) is 0 Å². The molecule has 25 heavy (non-hydrogen) atoms. The van der Waals surface area contributed by atoms with E-state index in [0.29, 0.717) is 17.0 Å². The number of thiophene rings is 1. The molecule has 2 aliphatic rings. The van der Waals surface area contributed by atoms with E-state index in [1.165, 1.54) is 16.2 Å². The molecule has 0 aromatic carbocycles. The quantitative estimate of drug-likeness (QED) is 0.431. The Morgan fingerprint density at radius 3 is 2.44 bits per heavy atom. The Hall–Kier alpha value is -0.780. The summed E-state index contributed by atoms with van der Waals surface area (Å²) in [5, 5.41) is 3.48. The first-order chi connectivity index (χ1) is 11.7. The van der Waals surface area contributed by atoms with E-state index in [1.807, 2.05) is 13.8 Å². The third-order valence-electron chi connectivity index (χ3n) is 4.95. The lowest BCUT2D eigenvalue weighted by atomic mass is 10.0. The van der Waals surface area contributed by atoms with Gasteiger partial charge in [-0.25, -0.2) is 4.79 Å². The van der Waals surface area contributed by atoms with Gasteiger partial charge in [-0.05, 0) is 58.4 Å². The monoisotopic (exact) mass is 403 g/mol. The van der Waals surface area contributed by atoms with Crippen LogP contribution in [0.4, 0.5) is 5.00 Å². The van der Waals surface area contributed by atoms with Crippen molar-refractivity contribution in [2.45, 2.75) is 69.7 Å².